The van der Waals surface area contributed by atoms with Crippen LogP contribution in [0.1, 0.15) is 85.6 Å². The molecule has 1 unspecified atom stereocenters. The third-order valence-corrected chi connectivity index (χ3v) is 21.7. The molecule has 1 aromatic rings. The molecule has 0 fully saturated rings. The molecule has 32 heavy (non-hydrogen) atoms. The summed E-state index contributed by atoms with van der Waals surface area (Å²) in [5.41, 5.74) is 0.263. The molecule has 1 amide bonds. The number of unbranched alkanes of at least 4 members (excludes halogenated alkanes) is 3. The zero-order valence-corrected chi connectivity index (χ0v) is 24.0. The normalized spacial score (nSPS) is 12.9. The number of carboxylic acid groups (broad SMARTS) is 1. The Morgan fingerprint density at radius 1 is 0.938 bits per heavy atom. The van der Waals surface area contributed by atoms with Gasteiger partial charge in [0.25, 0.3) is 0 Å². The third-order valence-electron chi connectivity index (χ3n) is 6.02. The van der Waals surface area contributed by atoms with E-state index in [-0.39, 0.29) is 6.42 Å². The van der Waals surface area contributed by atoms with E-state index in [1.807, 2.05) is 0 Å². The number of hydrogen-bond donors (Lipinski definition) is 2. The standard InChI is InChI=1S/C14H18NO4.3C4H9.Sn/c1-14(2,3)19-13(18)15-11(12(16)17)9-10-7-5-4-6-8-10;3*1-3-4-2;/h5-8,11H,9H2,1-3H3,(H,15,18)(H,16,17);3*1,3-4H2,2H3;. The molecule has 0 aromatic heterocycles. The van der Waals surface area contributed by atoms with Crippen LogP contribution < -0.4 is 8.90 Å². The molecule has 1 aromatic carbocycles. The van der Waals surface area contributed by atoms with Crippen molar-refractivity contribution in [2.24, 2.45) is 0 Å². The minimum atomic E-state index is -2.49. The quantitative estimate of drug-likeness (QED) is 0.266. The van der Waals surface area contributed by atoms with Crippen molar-refractivity contribution >= 4 is 34.0 Å². The maximum atomic E-state index is 12.1. The van der Waals surface area contributed by atoms with Gasteiger partial charge >= 0.3 is 200 Å². The van der Waals surface area contributed by atoms with E-state index in [9.17, 15) is 14.7 Å². The Labute approximate surface area is 199 Å². The van der Waals surface area contributed by atoms with E-state index < -0.39 is 42.1 Å². The predicted octanol–water partition coefficient (Wildman–Crippen LogP) is 6.26. The summed E-state index contributed by atoms with van der Waals surface area (Å²) < 4.78 is 11.0. The van der Waals surface area contributed by atoms with Crippen LogP contribution in [0.2, 0.25) is 13.3 Å². The zero-order chi connectivity index (χ0) is 24.2. The number of ether oxygens (including phenoxy) is 1. The van der Waals surface area contributed by atoms with Crippen LogP contribution in [0, 0.1) is 0 Å². The van der Waals surface area contributed by atoms with Gasteiger partial charge in [0.2, 0.25) is 0 Å². The second-order valence-corrected chi connectivity index (χ2v) is 23.3. The van der Waals surface area contributed by atoms with Crippen LogP contribution in [0.15, 0.2) is 24.3 Å². The molecule has 0 aliphatic rings. The van der Waals surface area contributed by atoms with Crippen LogP contribution in [0.3, 0.4) is 0 Å². The summed E-state index contributed by atoms with van der Waals surface area (Å²) in [7, 11) is 0. The van der Waals surface area contributed by atoms with E-state index in [1.165, 1.54) is 51.8 Å². The fourth-order valence-electron chi connectivity index (χ4n) is 4.23. The second-order valence-electron chi connectivity index (χ2n) is 10.0. The Morgan fingerprint density at radius 2 is 1.41 bits per heavy atom. The molecule has 0 saturated heterocycles. The number of hydrogen-bond acceptors (Lipinski definition) is 3. The molecule has 0 radical (unpaired) electrons. The summed E-state index contributed by atoms with van der Waals surface area (Å²) in [4.78, 5) is 23.8. The van der Waals surface area contributed by atoms with Gasteiger partial charge in [-0.05, 0) is 0 Å². The summed E-state index contributed by atoms with van der Waals surface area (Å²) >= 11 is -2.49. The van der Waals surface area contributed by atoms with Gasteiger partial charge in [0.15, 0.2) is 0 Å². The molecule has 5 nitrogen and oxygen atoms in total. The van der Waals surface area contributed by atoms with Gasteiger partial charge in [-0.2, -0.15) is 0 Å². The first-order chi connectivity index (χ1) is 15.1. The van der Waals surface area contributed by atoms with Gasteiger partial charge in [0.05, 0.1) is 0 Å². The molecule has 0 aliphatic carbocycles. The van der Waals surface area contributed by atoms with Crippen molar-refractivity contribution in [3.05, 3.63) is 29.8 Å². The van der Waals surface area contributed by atoms with Crippen LogP contribution >= 0.6 is 0 Å². The molecule has 0 aliphatic heterocycles. The predicted molar refractivity (Wildman–Crippen MR) is 135 cm³/mol. The number of amides is 1. The number of nitrogens with one attached hydrogen (secondary N) is 1. The fraction of sp³-hybridized carbons (Fsp3) is 0.692. The number of benzene rings is 1. The summed E-state index contributed by atoms with van der Waals surface area (Å²) in [5.74, 6) is -1.05. The molecule has 0 saturated carbocycles. The van der Waals surface area contributed by atoms with E-state index >= 15 is 0 Å². The molecule has 0 bridgehead atoms. The summed E-state index contributed by atoms with van der Waals surface area (Å²) in [6.45, 7) is 12.1. The Morgan fingerprint density at radius 3 is 1.78 bits per heavy atom. The molecule has 6 heteroatoms. The van der Waals surface area contributed by atoms with E-state index in [0.717, 1.165) is 5.56 Å². The Kier molecular flexibility index (Phi) is 12.7. The fourth-order valence-corrected chi connectivity index (χ4v) is 20.2. The average molecular weight is 554 g/mol. The van der Waals surface area contributed by atoms with Crippen LogP contribution in [0.25, 0.3) is 0 Å². The van der Waals surface area contributed by atoms with E-state index in [0.29, 0.717) is 0 Å². The van der Waals surface area contributed by atoms with Crippen molar-refractivity contribution in [3.63, 3.8) is 0 Å². The molecule has 0 heterocycles. The SMILES string of the molecule is CCC[CH2][Sn]([CH2]CCC)([CH2]CCC)[c]1ccc(CC(NC(=O)OC(C)(C)C)C(=O)O)cc1. The van der Waals surface area contributed by atoms with Gasteiger partial charge in [-0.1, -0.05) is 0 Å². The molecular formula is C26H45NO4Sn. The van der Waals surface area contributed by atoms with Crippen molar-refractivity contribution in [2.45, 2.75) is 111 Å². The van der Waals surface area contributed by atoms with Crippen LogP contribution in [-0.4, -0.2) is 47.2 Å². The molecule has 1 rings (SSSR count). The Bertz CT molecular complexity index is 675. The Balaban J connectivity index is 3.04. The summed E-state index contributed by atoms with van der Waals surface area (Å²) in [5, 5.41) is 12.1. The number of carbonyl (C=O) groups is 2. The first-order valence-corrected chi connectivity index (χ1v) is 19.9. The summed E-state index contributed by atoms with van der Waals surface area (Å²) in [6, 6.07) is 7.70. The number of rotatable bonds is 14. The van der Waals surface area contributed by atoms with Crippen molar-refractivity contribution in [1.82, 2.24) is 5.32 Å². The number of carboxylic acids is 1. The third kappa shape index (κ3) is 10.1. The maximum absolute atomic E-state index is 12.1. The molecule has 182 valence electrons. The molecule has 0 spiro atoms. The average Bonchev–Trinajstić information content (AvgIpc) is 2.72. The number of alkyl carbamates (subject to hydrolysis) is 1. The van der Waals surface area contributed by atoms with E-state index in [2.05, 4.69) is 50.4 Å². The Hall–Kier alpha value is -1.24. The second kappa shape index (κ2) is 14.1. The first-order valence-electron chi connectivity index (χ1n) is 12.4. The van der Waals surface area contributed by atoms with Crippen molar-refractivity contribution in [3.8, 4) is 0 Å². The van der Waals surface area contributed by atoms with E-state index in [1.54, 1.807) is 24.4 Å². The monoisotopic (exact) mass is 555 g/mol. The first kappa shape index (κ1) is 28.8. The number of aliphatic carboxylic acids is 1. The van der Waals surface area contributed by atoms with Gasteiger partial charge in [-0.15, -0.1) is 0 Å². The topological polar surface area (TPSA) is 75.6 Å². The van der Waals surface area contributed by atoms with Crippen molar-refractivity contribution in [1.29, 1.82) is 0 Å². The van der Waals surface area contributed by atoms with Gasteiger partial charge in [0, 0.05) is 0 Å². The molecular weight excluding hydrogens is 509 g/mol. The van der Waals surface area contributed by atoms with Crippen molar-refractivity contribution < 1.29 is 19.4 Å². The number of carbonyl (C=O) groups excluding carboxylic acids is 1. The minimum absolute atomic E-state index is 0.246. The molecule has 2 N–H and O–H groups in total. The van der Waals surface area contributed by atoms with Gasteiger partial charge in [-0.3, -0.25) is 0 Å². The van der Waals surface area contributed by atoms with Gasteiger partial charge < -0.3 is 0 Å². The zero-order valence-electron chi connectivity index (χ0n) is 21.1. The van der Waals surface area contributed by atoms with E-state index in [4.69, 9.17) is 4.74 Å². The molecule has 1 atom stereocenters. The van der Waals surface area contributed by atoms with Crippen LogP contribution in [0.5, 0.6) is 0 Å². The van der Waals surface area contributed by atoms with Gasteiger partial charge in [-0.25, -0.2) is 0 Å². The van der Waals surface area contributed by atoms with Gasteiger partial charge in [0.1, 0.15) is 0 Å². The summed E-state index contributed by atoms with van der Waals surface area (Å²) in [6.07, 6.45) is 7.21. The van der Waals surface area contributed by atoms with Crippen LogP contribution in [-0.2, 0) is 16.0 Å². The van der Waals surface area contributed by atoms with Crippen LogP contribution in [0.4, 0.5) is 4.79 Å². The van der Waals surface area contributed by atoms with Crippen molar-refractivity contribution in [2.75, 3.05) is 0 Å².